The van der Waals surface area contributed by atoms with Gasteiger partial charge in [0.05, 0.1) is 23.0 Å². The van der Waals surface area contributed by atoms with E-state index >= 15 is 0 Å². The molecule has 0 saturated carbocycles. The standard InChI is InChI=1S/C12H15N3O2S/c1-12(2,3)15(11(16)17)7-10-14-8-6-13-5-4-9(8)18-10/h4-6H,7H2,1-3H3,(H,16,17). The third-order valence-corrected chi connectivity index (χ3v) is 3.59. The summed E-state index contributed by atoms with van der Waals surface area (Å²) < 4.78 is 1.03. The van der Waals surface area contributed by atoms with E-state index in [4.69, 9.17) is 0 Å². The zero-order valence-corrected chi connectivity index (χ0v) is 11.4. The van der Waals surface area contributed by atoms with E-state index in [9.17, 15) is 9.90 Å². The molecule has 0 atom stereocenters. The van der Waals surface area contributed by atoms with Gasteiger partial charge < -0.3 is 5.11 Å². The van der Waals surface area contributed by atoms with Gasteiger partial charge in [0.2, 0.25) is 0 Å². The molecule has 1 N–H and O–H groups in total. The molecule has 2 rings (SSSR count). The van der Waals surface area contributed by atoms with Crippen molar-refractivity contribution in [1.29, 1.82) is 0 Å². The van der Waals surface area contributed by atoms with E-state index in [0.717, 1.165) is 15.2 Å². The van der Waals surface area contributed by atoms with Gasteiger partial charge in [-0.2, -0.15) is 0 Å². The van der Waals surface area contributed by atoms with E-state index in [1.54, 1.807) is 12.4 Å². The minimum Gasteiger partial charge on any atom is -0.465 e. The van der Waals surface area contributed by atoms with Gasteiger partial charge in [-0.05, 0) is 26.8 Å². The van der Waals surface area contributed by atoms with E-state index in [1.165, 1.54) is 16.2 Å². The molecule has 96 valence electrons. The number of aromatic nitrogens is 2. The first-order chi connectivity index (χ1) is 8.38. The van der Waals surface area contributed by atoms with Gasteiger partial charge in [-0.15, -0.1) is 11.3 Å². The molecule has 0 aliphatic carbocycles. The average molecular weight is 265 g/mol. The van der Waals surface area contributed by atoms with Crippen LogP contribution in [0.2, 0.25) is 0 Å². The number of hydrogen-bond acceptors (Lipinski definition) is 4. The van der Waals surface area contributed by atoms with E-state index in [-0.39, 0.29) is 0 Å². The summed E-state index contributed by atoms with van der Waals surface area (Å²) in [5.41, 5.74) is 0.374. The van der Waals surface area contributed by atoms with Crippen LogP contribution in [0.25, 0.3) is 10.2 Å². The number of hydrogen-bond donors (Lipinski definition) is 1. The maximum Gasteiger partial charge on any atom is 0.408 e. The Labute approximate surface area is 109 Å². The maximum atomic E-state index is 11.3. The molecule has 0 unspecified atom stereocenters. The lowest BCUT2D eigenvalue weighted by Crippen LogP contribution is -2.44. The second-order valence-corrected chi connectivity index (χ2v) is 6.11. The summed E-state index contributed by atoms with van der Waals surface area (Å²) in [6.07, 6.45) is 2.47. The lowest BCUT2D eigenvalue weighted by molar-refractivity contribution is 0.0955. The number of pyridine rings is 1. The van der Waals surface area contributed by atoms with Crippen LogP contribution in [0.15, 0.2) is 18.5 Å². The van der Waals surface area contributed by atoms with Gasteiger partial charge >= 0.3 is 6.09 Å². The highest BCUT2D eigenvalue weighted by Crippen LogP contribution is 2.24. The Morgan fingerprint density at radius 1 is 1.50 bits per heavy atom. The summed E-state index contributed by atoms with van der Waals surface area (Å²) in [6.45, 7) is 5.92. The van der Waals surface area contributed by atoms with E-state index in [1.807, 2.05) is 26.8 Å². The number of fused-ring (bicyclic) bond motifs is 1. The van der Waals surface area contributed by atoms with Crippen LogP contribution in [-0.2, 0) is 6.54 Å². The van der Waals surface area contributed by atoms with Crippen molar-refractivity contribution in [3.63, 3.8) is 0 Å². The molecule has 1 amide bonds. The van der Waals surface area contributed by atoms with Crippen LogP contribution < -0.4 is 0 Å². The molecular formula is C12H15N3O2S. The number of carboxylic acid groups (broad SMARTS) is 1. The molecule has 18 heavy (non-hydrogen) atoms. The average Bonchev–Trinajstić information content (AvgIpc) is 2.66. The summed E-state index contributed by atoms with van der Waals surface area (Å²) in [7, 11) is 0. The van der Waals surface area contributed by atoms with Crippen LogP contribution in [0.5, 0.6) is 0 Å². The molecule has 0 radical (unpaired) electrons. The van der Waals surface area contributed by atoms with Crippen molar-refractivity contribution >= 4 is 27.6 Å². The second-order valence-electron chi connectivity index (χ2n) is 4.99. The highest BCUT2D eigenvalue weighted by atomic mass is 32.1. The molecule has 0 aliphatic heterocycles. The Bertz CT molecular complexity index is 541. The largest absolute Gasteiger partial charge is 0.465 e. The Hall–Kier alpha value is -1.69. The lowest BCUT2D eigenvalue weighted by atomic mass is 10.1. The number of amides is 1. The Kier molecular flexibility index (Phi) is 3.21. The fraction of sp³-hybridized carbons (Fsp3) is 0.417. The molecule has 6 heteroatoms. The third kappa shape index (κ3) is 2.59. The van der Waals surface area contributed by atoms with Gasteiger partial charge in [-0.3, -0.25) is 9.88 Å². The van der Waals surface area contributed by atoms with Crippen LogP contribution in [0.1, 0.15) is 25.8 Å². The first-order valence-corrected chi connectivity index (χ1v) is 6.39. The van der Waals surface area contributed by atoms with Gasteiger partial charge in [-0.1, -0.05) is 0 Å². The SMILES string of the molecule is CC(C)(C)N(Cc1nc2cnccc2s1)C(=O)O. The minimum atomic E-state index is -0.931. The topological polar surface area (TPSA) is 66.3 Å². The molecule has 0 aliphatic rings. The molecule has 2 aromatic heterocycles. The lowest BCUT2D eigenvalue weighted by Gasteiger charge is -2.32. The van der Waals surface area contributed by atoms with Crippen LogP contribution in [0.4, 0.5) is 4.79 Å². The molecule has 0 spiro atoms. The maximum absolute atomic E-state index is 11.3. The monoisotopic (exact) mass is 265 g/mol. The zero-order valence-electron chi connectivity index (χ0n) is 10.5. The number of nitrogens with zero attached hydrogens (tertiary/aromatic N) is 3. The van der Waals surface area contributed by atoms with Gasteiger partial charge in [0.1, 0.15) is 5.01 Å². The number of carbonyl (C=O) groups is 1. The smallest absolute Gasteiger partial charge is 0.408 e. The van der Waals surface area contributed by atoms with E-state index in [2.05, 4.69) is 9.97 Å². The molecule has 2 heterocycles. The van der Waals surface area contributed by atoms with Crippen molar-refractivity contribution < 1.29 is 9.90 Å². The summed E-state index contributed by atoms with van der Waals surface area (Å²) in [5, 5.41) is 10.0. The van der Waals surface area contributed by atoms with Crippen molar-refractivity contribution in [2.75, 3.05) is 0 Å². The van der Waals surface area contributed by atoms with Gasteiger partial charge in [0.15, 0.2) is 0 Å². The summed E-state index contributed by atoms with van der Waals surface area (Å²) in [6, 6.07) is 1.89. The number of rotatable bonds is 2. The van der Waals surface area contributed by atoms with Crippen molar-refractivity contribution in [2.45, 2.75) is 32.9 Å². The highest BCUT2D eigenvalue weighted by Gasteiger charge is 2.27. The molecule has 0 saturated heterocycles. The van der Waals surface area contributed by atoms with Crippen LogP contribution in [-0.4, -0.2) is 31.6 Å². The quantitative estimate of drug-likeness (QED) is 0.906. The summed E-state index contributed by atoms with van der Waals surface area (Å²) >= 11 is 1.50. The predicted octanol–water partition coefficient (Wildman–Crippen LogP) is 2.97. The zero-order chi connectivity index (χ0) is 13.3. The molecule has 0 bridgehead atoms. The first-order valence-electron chi connectivity index (χ1n) is 5.58. The Morgan fingerprint density at radius 2 is 2.22 bits per heavy atom. The number of thiazole rings is 1. The second kappa shape index (κ2) is 4.53. The van der Waals surface area contributed by atoms with E-state index < -0.39 is 11.6 Å². The molecule has 2 aromatic rings. The molecule has 5 nitrogen and oxygen atoms in total. The Morgan fingerprint density at radius 3 is 2.78 bits per heavy atom. The van der Waals surface area contributed by atoms with E-state index in [0.29, 0.717) is 6.54 Å². The van der Waals surface area contributed by atoms with Crippen LogP contribution in [0.3, 0.4) is 0 Å². The van der Waals surface area contributed by atoms with Crippen LogP contribution in [0, 0.1) is 0 Å². The first kappa shape index (κ1) is 12.8. The van der Waals surface area contributed by atoms with Gasteiger partial charge in [0, 0.05) is 11.7 Å². The fourth-order valence-corrected chi connectivity index (χ4v) is 2.55. The molecule has 0 aromatic carbocycles. The third-order valence-electron chi connectivity index (χ3n) is 2.57. The van der Waals surface area contributed by atoms with Crippen molar-refractivity contribution in [3.8, 4) is 0 Å². The van der Waals surface area contributed by atoms with Gasteiger partial charge in [0.25, 0.3) is 0 Å². The molecular weight excluding hydrogens is 250 g/mol. The summed E-state index contributed by atoms with van der Waals surface area (Å²) in [5.74, 6) is 0. The van der Waals surface area contributed by atoms with Crippen molar-refractivity contribution in [2.24, 2.45) is 0 Å². The normalized spacial score (nSPS) is 11.7. The van der Waals surface area contributed by atoms with Crippen molar-refractivity contribution in [3.05, 3.63) is 23.5 Å². The fourth-order valence-electron chi connectivity index (χ4n) is 1.62. The predicted molar refractivity (Wildman–Crippen MR) is 70.7 cm³/mol. The summed E-state index contributed by atoms with van der Waals surface area (Å²) in [4.78, 5) is 21.0. The Balaban J connectivity index is 2.29. The van der Waals surface area contributed by atoms with Gasteiger partial charge in [-0.25, -0.2) is 9.78 Å². The van der Waals surface area contributed by atoms with Crippen molar-refractivity contribution in [1.82, 2.24) is 14.9 Å². The minimum absolute atomic E-state index is 0.304. The highest BCUT2D eigenvalue weighted by molar-refractivity contribution is 7.18. The van der Waals surface area contributed by atoms with Crippen LogP contribution >= 0.6 is 11.3 Å². The molecule has 0 fully saturated rings.